The highest BCUT2D eigenvalue weighted by molar-refractivity contribution is 7.92. The summed E-state index contributed by atoms with van der Waals surface area (Å²) in [7, 11) is 0.116. The molecule has 10 heteroatoms. The van der Waals surface area contributed by atoms with Gasteiger partial charge in [0.05, 0.1) is 24.8 Å². The third-order valence-corrected chi connectivity index (χ3v) is 9.31. The Hall–Kier alpha value is -4.83. The zero-order valence-electron chi connectivity index (χ0n) is 26.2. The van der Waals surface area contributed by atoms with Gasteiger partial charge in [0.2, 0.25) is 11.8 Å². The molecule has 0 aliphatic heterocycles. The largest absolute Gasteiger partial charge is 0.497 e. The highest BCUT2D eigenvalue weighted by Gasteiger charge is 2.35. The second kappa shape index (κ2) is 14.8. The smallest absolute Gasteiger partial charge is 0.264 e. The van der Waals surface area contributed by atoms with Gasteiger partial charge in [-0.2, -0.15) is 0 Å². The van der Waals surface area contributed by atoms with Gasteiger partial charge < -0.3 is 19.7 Å². The van der Waals surface area contributed by atoms with Gasteiger partial charge in [-0.25, -0.2) is 8.42 Å². The third kappa shape index (κ3) is 8.02. The van der Waals surface area contributed by atoms with E-state index in [-0.39, 0.29) is 35.2 Å². The summed E-state index contributed by atoms with van der Waals surface area (Å²) in [5.74, 6) is -0.324. The van der Waals surface area contributed by atoms with Gasteiger partial charge in [0.25, 0.3) is 10.0 Å². The molecule has 0 radical (unpaired) electrons. The number of nitrogens with zero attached hydrogens (tertiary/aromatic N) is 2. The molecular formula is C35H39N3O6S. The molecule has 236 valence electrons. The fourth-order valence-corrected chi connectivity index (χ4v) is 6.37. The summed E-state index contributed by atoms with van der Waals surface area (Å²) < 4.78 is 40.6. The van der Waals surface area contributed by atoms with Crippen LogP contribution in [-0.2, 0) is 32.6 Å². The Kier molecular flexibility index (Phi) is 10.9. The van der Waals surface area contributed by atoms with Crippen LogP contribution in [0.3, 0.4) is 0 Å². The molecule has 1 atom stereocenters. The van der Waals surface area contributed by atoms with Crippen LogP contribution in [0.2, 0.25) is 0 Å². The lowest BCUT2D eigenvalue weighted by atomic mass is 10.0. The first-order chi connectivity index (χ1) is 21.6. The van der Waals surface area contributed by atoms with Gasteiger partial charge in [-0.15, -0.1) is 0 Å². The summed E-state index contributed by atoms with van der Waals surface area (Å²) in [6.45, 7) is 3.30. The summed E-state index contributed by atoms with van der Waals surface area (Å²) in [5, 5.41) is 2.69. The van der Waals surface area contributed by atoms with Gasteiger partial charge in [0, 0.05) is 26.1 Å². The minimum Gasteiger partial charge on any atom is -0.497 e. The Bertz CT molecular complexity index is 1710. The average molecular weight is 630 g/mol. The van der Waals surface area contributed by atoms with Gasteiger partial charge in [-0.3, -0.25) is 13.9 Å². The first-order valence-corrected chi connectivity index (χ1v) is 15.9. The quantitative estimate of drug-likeness (QED) is 0.226. The molecule has 0 saturated heterocycles. The number of benzene rings is 4. The second-order valence-electron chi connectivity index (χ2n) is 10.7. The van der Waals surface area contributed by atoms with Crippen molar-refractivity contribution in [3.05, 3.63) is 119 Å². The van der Waals surface area contributed by atoms with Crippen LogP contribution >= 0.6 is 0 Å². The standard InChI is InChI=1S/C35H39N3O6S/c1-25-11-15-28(16-12-25)23-37(32(35(40)36-3)21-27-9-7-6-8-10-27)34(39)24-38(31-22-29(43-4)17-20-33(31)44-5)45(41,42)30-18-13-26(2)14-19-30/h6-20,22,32H,21,23-24H2,1-5H3,(H,36,40)/t32-/m0/s1. The normalized spacial score (nSPS) is 11.8. The number of carbonyl (C=O) groups is 2. The van der Waals surface area contributed by atoms with Crippen molar-refractivity contribution < 1.29 is 27.5 Å². The number of sulfonamides is 1. The fourth-order valence-electron chi connectivity index (χ4n) is 4.95. The molecule has 9 nitrogen and oxygen atoms in total. The van der Waals surface area contributed by atoms with E-state index in [1.165, 1.54) is 44.4 Å². The first-order valence-electron chi connectivity index (χ1n) is 14.5. The van der Waals surface area contributed by atoms with Crippen molar-refractivity contribution >= 4 is 27.5 Å². The van der Waals surface area contributed by atoms with Crippen molar-refractivity contribution in [3.63, 3.8) is 0 Å². The van der Waals surface area contributed by atoms with E-state index in [0.717, 1.165) is 26.6 Å². The maximum atomic E-state index is 14.5. The summed E-state index contributed by atoms with van der Waals surface area (Å²) in [6, 6.07) is 27.3. The van der Waals surface area contributed by atoms with Gasteiger partial charge >= 0.3 is 0 Å². The number of carbonyl (C=O) groups excluding carboxylic acids is 2. The van der Waals surface area contributed by atoms with Crippen molar-refractivity contribution in [1.29, 1.82) is 0 Å². The minimum absolute atomic E-state index is 0.00277. The number of hydrogen-bond donors (Lipinski definition) is 1. The van der Waals surface area contributed by atoms with Crippen molar-refractivity contribution in [1.82, 2.24) is 10.2 Å². The second-order valence-corrected chi connectivity index (χ2v) is 12.6. The van der Waals surface area contributed by atoms with Gasteiger partial charge in [0.1, 0.15) is 24.1 Å². The molecule has 4 rings (SSSR count). The van der Waals surface area contributed by atoms with E-state index >= 15 is 0 Å². The molecular weight excluding hydrogens is 590 g/mol. The Morgan fingerprint density at radius 3 is 2.00 bits per heavy atom. The molecule has 1 N–H and O–H groups in total. The first kappa shape index (κ1) is 33.1. The monoisotopic (exact) mass is 629 g/mol. The van der Waals surface area contributed by atoms with Crippen LogP contribution in [0.4, 0.5) is 5.69 Å². The van der Waals surface area contributed by atoms with Crippen LogP contribution in [-0.4, -0.2) is 59.0 Å². The van der Waals surface area contributed by atoms with Crippen molar-refractivity contribution in [2.75, 3.05) is 32.1 Å². The molecule has 0 unspecified atom stereocenters. The Balaban J connectivity index is 1.85. The van der Waals surface area contributed by atoms with E-state index < -0.39 is 28.5 Å². The van der Waals surface area contributed by atoms with Gasteiger partial charge in [0.15, 0.2) is 0 Å². The topological polar surface area (TPSA) is 105 Å². The van der Waals surface area contributed by atoms with E-state index in [1.807, 2.05) is 68.4 Å². The molecule has 0 fully saturated rings. The number of nitrogens with one attached hydrogen (secondary N) is 1. The predicted molar refractivity (Wildman–Crippen MR) is 175 cm³/mol. The Morgan fingerprint density at radius 2 is 1.42 bits per heavy atom. The molecule has 0 aliphatic rings. The van der Waals surface area contributed by atoms with Crippen molar-refractivity contribution in [3.8, 4) is 11.5 Å². The summed E-state index contributed by atoms with van der Waals surface area (Å²) in [5.41, 5.74) is 3.70. The number of amides is 2. The Labute approximate surface area is 265 Å². The average Bonchev–Trinajstić information content (AvgIpc) is 3.05. The maximum Gasteiger partial charge on any atom is 0.264 e. The van der Waals surface area contributed by atoms with E-state index in [2.05, 4.69) is 5.32 Å². The van der Waals surface area contributed by atoms with E-state index in [9.17, 15) is 18.0 Å². The molecule has 4 aromatic rings. The molecule has 0 bridgehead atoms. The van der Waals surface area contributed by atoms with Crippen molar-refractivity contribution in [2.45, 2.75) is 37.8 Å². The summed E-state index contributed by atoms with van der Waals surface area (Å²) >= 11 is 0. The summed E-state index contributed by atoms with van der Waals surface area (Å²) in [6.07, 6.45) is 0.227. The fraction of sp³-hybridized carbons (Fsp3) is 0.257. The minimum atomic E-state index is -4.30. The molecule has 0 aliphatic carbocycles. The number of likely N-dealkylation sites (N-methyl/N-ethyl adjacent to an activating group) is 1. The number of hydrogen-bond acceptors (Lipinski definition) is 6. The molecule has 0 spiro atoms. The highest BCUT2D eigenvalue weighted by atomic mass is 32.2. The Morgan fingerprint density at radius 1 is 0.800 bits per heavy atom. The number of methoxy groups -OCH3 is 2. The number of rotatable bonds is 13. The molecule has 0 heterocycles. The lowest BCUT2D eigenvalue weighted by molar-refractivity contribution is -0.139. The number of aryl methyl sites for hydroxylation is 2. The molecule has 0 aromatic heterocycles. The lowest BCUT2D eigenvalue weighted by Gasteiger charge is -2.34. The van der Waals surface area contributed by atoms with Gasteiger partial charge in [-0.05, 0) is 49.2 Å². The van der Waals surface area contributed by atoms with E-state index in [4.69, 9.17) is 9.47 Å². The van der Waals surface area contributed by atoms with Crippen LogP contribution in [0.5, 0.6) is 11.5 Å². The zero-order chi connectivity index (χ0) is 32.6. The van der Waals surface area contributed by atoms with E-state index in [0.29, 0.717) is 5.75 Å². The van der Waals surface area contributed by atoms with Crippen LogP contribution in [0.25, 0.3) is 0 Å². The molecule has 4 aromatic carbocycles. The van der Waals surface area contributed by atoms with Gasteiger partial charge in [-0.1, -0.05) is 77.9 Å². The third-order valence-electron chi connectivity index (χ3n) is 7.53. The van der Waals surface area contributed by atoms with Crippen molar-refractivity contribution in [2.24, 2.45) is 0 Å². The molecule has 2 amide bonds. The number of ether oxygens (including phenoxy) is 2. The van der Waals surface area contributed by atoms with E-state index in [1.54, 1.807) is 24.3 Å². The zero-order valence-corrected chi connectivity index (χ0v) is 27.0. The SMILES string of the molecule is CNC(=O)[C@H](Cc1ccccc1)N(Cc1ccc(C)cc1)C(=O)CN(c1cc(OC)ccc1OC)S(=O)(=O)c1ccc(C)cc1. The van der Waals surface area contributed by atoms with Crippen LogP contribution in [0.1, 0.15) is 22.3 Å². The predicted octanol–water partition coefficient (Wildman–Crippen LogP) is 4.90. The number of anilines is 1. The molecule has 0 saturated carbocycles. The molecule has 45 heavy (non-hydrogen) atoms. The highest BCUT2D eigenvalue weighted by Crippen LogP contribution is 2.36. The van der Waals surface area contributed by atoms with Crippen LogP contribution in [0, 0.1) is 13.8 Å². The summed E-state index contributed by atoms with van der Waals surface area (Å²) in [4.78, 5) is 29.4. The van der Waals surface area contributed by atoms with Crippen LogP contribution in [0.15, 0.2) is 102 Å². The maximum absolute atomic E-state index is 14.5. The van der Waals surface area contributed by atoms with Crippen LogP contribution < -0.4 is 19.1 Å². The lowest BCUT2D eigenvalue weighted by Crippen LogP contribution is -2.53.